The van der Waals surface area contributed by atoms with Gasteiger partial charge in [0.2, 0.25) is 0 Å². The fraction of sp³-hybridized carbons (Fsp3) is 0.235. The molecule has 130 valence electrons. The minimum Gasteiger partial charge on any atom is -0.497 e. The summed E-state index contributed by atoms with van der Waals surface area (Å²) in [6.07, 6.45) is 0. The Morgan fingerprint density at radius 2 is 1.62 bits per heavy atom. The van der Waals surface area contributed by atoms with Gasteiger partial charge in [-0.1, -0.05) is 6.07 Å². The van der Waals surface area contributed by atoms with Gasteiger partial charge in [-0.2, -0.15) is 0 Å². The average Bonchev–Trinajstić information content (AvgIpc) is 2.60. The van der Waals surface area contributed by atoms with E-state index in [1.165, 1.54) is 0 Å². The third-order valence-corrected chi connectivity index (χ3v) is 3.24. The van der Waals surface area contributed by atoms with Gasteiger partial charge < -0.3 is 25.3 Å². The van der Waals surface area contributed by atoms with Crippen molar-refractivity contribution in [2.24, 2.45) is 10.7 Å². The molecule has 0 amide bonds. The standard InChI is InChI=1S/C17H21N3O3.HI/c1-21-14-7-5-13(6-8-14)20-17(18)19-11-12-4-9-15(22-2)16(10-12)23-3;/h4-10H,11H2,1-3H3,(H3,18,19,20);1H. The quantitative estimate of drug-likeness (QED) is 0.407. The summed E-state index contributed by atoms with van der Waals surface area (Å²) in [7, 11) is 4.83. The zero-order valence-electron chi connectivity index (χ0n) is 13.9. The van der Waals surface area contributed by atoms with Crippen LogP contribution in [-0.2, 0) is 6.54 Å². The molecule has 2 aromatic carbocycles. The van der Waals surface area contributed by atoms with Crippen molar-refractivity contribution in [1.82, 2.24) is 0 Å². The molecule has 3 N–H and O–H groups in total. The molecule has 0 radical (unpaired) electrons. The molecule has 6 nitrogen and oxygen atoms in total. The number of guanidine groups is 1. The van der Waals surface area contributed by atoms with Gasteiger partial charge in [-0.3, -0.25) is 0 Å². The molecule has 2 aromatic rings. The lowest BCUT2D eigenvalue weighted by atomic mass is 10.2. The Morgan fingerprint density at radius 1 is 0.958 bits per heavy atom. The highest BCUT2D eigenvalue weighted by Gasteiger charge is 2.04. The molecular weight excluding hydrogens is 421 g/mol. The Balaban J connectivity index is 0.00000288. The zero-order chi connectivity index (χ0) is 16.7. The fourth-order valence-electron chi connectivity index (χ4n) is 2.02. The van der Waals surface area contributed by atoms with Crippen molar-refractivity contribution >= 4 is 35.6 Å². The Hall–Kier alpha value is -2.16. The summed E-state index contributed by atoms with van der Waals surface area (Å²) in [5, 5.41) is 3.03. The summed E-state index contributed by atoms with van der Waals surface area (Å²) in [4.78, 5) is 4.32. The number of methoxy groups -OCH3 is 3. The first-order valence-corrected chi connectivity index (χ1v) is 7.08. The summed E-state index contributed by atoms with van der Waals surface area (Å²) in [5.74, 6) is 2.48. The van der Waals surface area contributed by atoms with E-state index in [1.807, 2.05) is 42.5 Å². The number of benzene rings is 2. The first-order chi connectivity index (χ1) is 11.2. The number of rotatable bonds is 6. The molecule has 0 unspecified atom stereocenters. The van der Waals surface area contributed by atoms with Crippen LogP contribution < -0.4 is 25.3 Å². The van der Waals surface area contributed by atoms with Crippen molar-refractivity contribution in [2.75, 3.05) is 26.6 Å². The van der Waals surface area contributed by atoms with Crippen LogP contribution in [0, 0.1) is 0 Å². The van der Waals surface area contributed by atoms with Gasteiger partial charge in [0, 0.05) is 5.69 Å². The number of nitrogens with zero attached hydrogens (tertiary/aromatic N) is 1. The van der Waals surface area contributed by atoms with Gasteiger partial charge in [-0.05, 0) is 42.0 Å². The molecule has 0 aliphatic rings. The summed E-state index contributed by atoms with van der Waals surface area (Å²) in [5.41, 5.74) is 7.72. The highest BCUT2D eigenvalue weighted by molar-refractivity contribution is 14.0. The molecule has 2 rings (SSSR count). The molecule has 0 aliphatic heterocycles. The predicted molar refractivity (Wildman–Crippen MR) is 107 cm³/mol. The minimum absolute atomic E-state index is 0. The fourth-order valence-corrected chi connectivity index (χ4v) is 2.02. The summed E-state index contributed by atoms with van der Waals surface area (Å²) in [6.45, 7) is 0.440. The molecule has 0 saturated carbocycles. The van der Waals surface area contributed by atoms with Crippen molar-refractivity contribution in [1.29, 1.82) is 0 Å². The molecule has 0 saturated heterocycles. The Labute approximate surface area is 159 Å². The number of anilines is 1. The van der Waals surface area contributed by atoms with E-state index in [1.54, 1.807) is 21.3 Å². The van der Waals surface area contributed by atoms with E-state index in [2.05, 4.69) is 10.3 Å². The summed E-state index contributed by atoms with van der Waals surface area (Å²) < 4.78 is 15.6. The maximum Gasteiger partial charge on any atom is 0.193 e. The number of hydrogen-bond donors (Lipinski definition) is 2. The smallest absolute Gasteiger partial charge is 0.193 e. The van der Waals surface area contributed by atoms with Crippen molar-refractivity contribution in [3.63, 3.8) is 0 Å². The number of halogens is 1. The van der Waals surface area contributed by atoms with Gasteiger partial charge in [0.05, 0.1) is 27.9 Å². The van der Waals surface area contributed by atoms with Gasteiger partial charge in [0.25, 0.3) is 0 Å². The van der Waals surface area contributed by atoms with Crippen LogP contribution in [0.4, 0.5) is 5.69 Å². The van der Waals surface area contributed by atoms with Crippen molar-refractivity contribution in [3.05, 3.63) is 48.0 Å². The molecule has 0 bridgehead atoms. The van der Waals surface area contributed by atoms with Gasteiger partial charge in [-0.25, -0.2) is 4.99 Å². The van der Waals surface area contributed by atoms with Crippen molar-refractivity contribution < 1.29 is 14.2 Å². The number of nitrogens with two attached hydrogens (primary N) is 1. The molecule has 0 fully saturated rings. The topological polar surface area (TPSA) is 78.1 Å². The van der Waals surface area contributed by atoms with E-state index in [0.717, 1.165) is 17.0 Å². The summed E-state index contributed by atoms with van der Waals surface area (Å²) in [6, 6.07) is 13.1. The second-order valence-corrected chi connectivity index (χ2v) is 4.74. The third kappa shape index (κ3) is 5.48. The molecular formula is C17H22IN3O3. The Morgan fingerprint density at radius 3 is 2.21 bits per heavy atom. The largest absolute Gasteiger partial charge is 0.497 e. The Kier molecular flexibility index (Phi) is 8.17. The van der Waals surface area contributed by atoms with Crippen LogP contribution in [-0.4, -0.2) is 27.3 Å². The van der Waals surface area contributed by atoms with Crippen LogP contribution in [0.2, 0.25) is 0 Å². The molecule has 24 heavy (non-hydrogen) atoms. The third-order valence-electron chi connectivity index (χ3n) is 3.24. The van der Waals surface area contributed by atoms with Crippen molar-refractivity contribution in [2.45, 2.75) is 6.54 Å². The molecule has 0 spiro atoms. The lowest BCUT2D eigenvalue weighted by Crippen LogP contribution is -2.22. The van der Waals surface area contributed by atoms with Crippen LogP contribution in [0.1, 0.15) is 5.56 Å². The van der Waals surface area contributed by atoms with E-state index < -0.39 is 0 Å². The highest BCUT2D eigenvalue weighted by atomic mass is 127. The van der Waals surface area contributed by atoms with E-state index >= 15 is 0 Å². The van der Waals surface area contributed by atoms with E-state index in [4.69, 9.17) is 19.9 Å². The predicted octanol–water partition coefficient (Wildman–Crippen LogP) is 3.26. The number of hydrogen-bond acceptors (Lipinski definition) is 4. The lowest BCUT2D eigenvalue weighted by molar-refractivity contribution is 0.354. The maximum absolute atomic E-state index is 5.90. The first-order valence-electron chi connectivity index (χ1n) is 7.08. The van der Waals surface area contributed by atoms with Crippen LogP contribution in [0.5, 0.6) is 17.2 Å². The first kappa shape index (κ1) is 19.9. The molecule has 7 heteroatoms. The number of aliphatic imine (C=N–C) groups is 1. The van der Waals surface area contributed by atoms with E-state index in [9.17, 15) is 0 Å². The second-order valence-electron chi connectivity index (χ2n) is 4.74. The highest BCUT2D eigenvalue weighted by Crippen LogP contribution is 2.27. The maximum atomic E-state index is 5.90. The molecule has 0 atom stereocenters. The van der Waals surface area contributed by atoms with E-state index in [-0.39, 0.29) is 24.0 Å². The normalized spacial score (nSPS) is 10.5. The lowest BCUT2D eigenvalue weighted by Gasteiger charge is -2.09. The van der Waals surface area contributed by atoms with Gasteiger partial charge in [0.15, 0.2) is 17.5 Å². The van der Waals surface area contributed by atoms with Crippen LogP contribution in [0.3, 0.4) is 0 Å². The molecule has 0 aliphatic carbocycles. The monoisotopic (exact) mass is 443 g/mol. The zero-order valence-corrected chi connectivity index (χ0v) is 16.2. The molecule has 0 heterocycles. The average molecular weight is 443 g/mol. The number of nitrogens with one attached hydrogen (secondary N) is 1. The second kappa shape index (κ2) is 9.86. The van der Waals surface area contributed by atoms with E-state index in [0.29, 0.717) is 24.0 Å². The van der Waals surface area contributed by atoms with Gasteiger partial charge >= 0.3 is 0 Å². The molecule has 0 aromatic heterocycles. The van der Waals surface area contributed by atoms with Gasteiger partial charge in [-0.15, -0.1) is 24.0 Å². The Bertz CT molecular complexity index is 675. The van der Waals surface area contributed by atoms with Crippen LogP contribution in [0.25, 0.3) is 0 Å². The van der Waals surface area contributed by atoms with Gasteiger partial charge in [0.1, 0.15) is 5.75 Å². The SMILES string of the molecule is COc1ccc(NC(N)=NCc2ccc(OC)c(OC)c2)cc1.I. The van der Waals surface area contributed by atoms with Crippen molar-refractivity contribution in [3.8, 4) is 17.2 Å². The van der Waals surface area contributed by atoms with Crippen LogP contribution in [0.15, 0.2) is 47.5 Å². The van der Waals surface area contributed by atoms with Crippen LogP contribution >= 0.6 is 24.0 Å². The number of ether oxygens (including phenoxy) is 3. The minimum atomic E-state index is 0. The summed E-state index contributed by atoms with van der Waals surface area (Å²) >= 11 is 0.